The minimum atomic E-state index is -0.00444. The van der Waals surface area contributed by atoms with Crippen LogP contribution in [0.3, 0.4) is 0 Å². The first-order chi connectivity index (χ1) is 12.3. The maximum absolute atomic E-state index is 12.9. The van der Waals surface area contributed by atoms with E-state index in [1.165, 1.54) is 24.0 Å². The summed E-state index contributed by atoms with van der Waals surface area (Å²) in [7, 11) is 0. The predicted molar refractivity (Wildman–Crippen MR) is 98.7 cm³/mol. The standard InChI is InChI=1S/C20H24N4O/c25-20(23-18-9-3-6-15-5-1-2-8-17(15)18)16-7-4-12-24(14-16)19-13-21-10-11-22-19/h3,6,9-11,13,16H,1-2,4-5,7-8,12,14H2,(H,23,25). The third kappa shape index (κ3) is 3.50. The van der Waals surface area contributed by atoms with Gasteiger partial charge in [-0.25, -0.2) is 4.98 Å². The lowest BCUT2D eigenvalue weighted by molar-refractivity contribution is -0.120. The minimum absolute atomic E-state index is 0.00444. The molecule has 1 aromatic heterocycles. The molecule has 1 N–H and O–H groups in total. The molecule has 1 amide bonds. The summed E-state index contributed by atoms with van der Waals surface area (Å²) in [6, 6.07) is 6.30. The number of rotatable bonds is 3. The molecule has 1 aliphatic carbocycles. The highest BCUT2D eigenvalue weighted by molar-refractivity contribution is 5.94. The number of piperidine rings is 1. The third-order valence-electron chi connectivity index (χ3n) is 5.32. The van der Waals surface area contributed by atoms with Crippen LogP contribution in [0.5, 0.6) is 0 Å². The first-order valence-electron chi connectivity index (χ1n) is 9.24. The summed E-state index contributed by atoms with van der Waals surface area (Å²) >= 11 is 0. The second-order valence-electron chi connectivity index (χ2n) is 6.99. The second kappa shape index (κ2) is 7.21. The molecule has 25 heavy (non-hydrogen) atoms. The Hall–Kier alpha value is -2.43. The van der Waals surface area contributed by atoms with E-state index >= 15 is 0 Å². The highest BCUT2D eigenvalue weighted by Crippen LogP contribution is 2.29. The zero-order valence-electron chi connectivity index (χ0n) is 14.4. The summed E-state index contributed by atoms with van der Waals surface area (Å²) in [6.07, 6.45) is 11.7. The summed E-state index contributed by atoms with van der Waals surface area (Å²) in [5, 5.41) is 3.21. The van der Waals surface area contributed by atoms with Gasteiger partial charge in [0.1, 0.15) is 5.82 Å². The Morgan fingerprint density at radius 1 is 1.16 bits per heavy atom. The fourth-order valence-corrected chi connectivity index (χ4v) is 3.99. The first kappa shape index (κ1) is 16.1. The number of fused-ring (bicyclic) bond motifs is 1. The number of aromatic nitrogens is 2. The lowest BCUT2D eigenvalue weighted by Gasteiger charge is -2.32. The van der Waals surface area contributed by atoms with E-state index in [2.05, 4.69) is 32.3 Å². The molecule has 0 radical (unpaired) electrons. The highest BCUT2D eigenvalue weighted by atomic mass is 16.1. The van der Waals surface area contributed by atoms with Crippen LogP contribution >= 0.6 is 0 Å². The van der Waals surface area contributed by atoms with E-state index in [1.807, 2.05) is 6.07 Å². The van der Waals surface area contributed by atoms with Crippen molar-refractivity contribution in [1.82, 2.24) is 9.97 Å². The molecule has 4 rings (SSSR count). The van der Waals surface area contributed by atoms with Gasteiger partial charge in [-0.05, 0) is 55.7 Å². The Morgan fingerprint density at radius 2 is 2.08 bits per heavy atom. The number of hydrogen-bond donors (Lipinski definition) is 1. The number of aryl methyl sites for hydroxylation is 1. The molecule has 0 bridgehead atoms. The van der Waals surface area contributed by atoms with Gasteiger partial charge in [-0.15, -0.1) is 0 Å². The molecule has 1 unspecified atom stereocenters. The van der Waals surface area contributed by atoms with Gasteiger partial charge < -0.3 is 10.2 Å². The molecule has 2 aromatic rings. The first-order valence-corrected chi connectivity index (χ1v) is 9.24. The second-order valence-corrected chi connectivity index (χ2v) is 6.99. The van der Waals surface area contributed by atoms with Crippen LogP contribution < -0.4 is 10.2 Å². The van der Waals surface area contributed by atoms with Crippen LogP contribution in [0.1, 0.15) is 36.8 Å². The highest BCUT2D eigenvalue weighted by Gasteiger charge is 2.27. The van der Waals surface area contributed by atoms with Crippen molar-refractivity contribution in [1.29, 1.82) is 0 Å². The molecule has 5 nitrogen and oxygen atoms in total. The van der Waals surface area contributed by atoms with E-state index in [-0.39, 0.29) is 11.8 Å². The Morgan fingerprint density at radius 3 is 2.96 bits per heavy atom. The Balaban J connectivity index is 1.46. The summed E-state index contributed by atoms with van der Waals surface area (Å²) in [5.41, 5.74) is 3.75. The van der Waals surface area contributed by atoms with Gasteiger partial charge in [0.25, 0.3) is 0 Å². The van der Waals surface area contributed by atoms with Crippen molar-refractivity contribution in [3.8, 4) is 0 Å². The molecule has 1 saturated heterocycles. The lowest BCUT2D eigenvalue weighted by Crippen LogP contribution is -2.41. The smallest absolute Gasteiger partial charge is 0.229 e. The van der Waals surface area contributed by atoms with Crippen LogP contribution in [-0.4, -0.2) is 29.0 Å². The van der Waals surface area contributed by atoms with Crippen LogP contribution in [0, 0.1) is 5.92 Å². The van der Waals surface area contributed by atoms with E-state index in [9.17, 15) is 4.79 Å². The van der Waals surface area contributed by atoms with Gasteiger partial charge >= 0.3 is 0 Å². The topological polar surface area (TPSA) is 58.1 Å². The number of benzene rings is 1. The van der Waals surface area contributed by atoms with E-state index in [0.717, 1.165) is 43.7 Å². The average Bonchev–Trinajstić information content (AvgIpc) is 2.69. The summed E-state index contributed by atoms with van der Waals surface area (Å²) in [4.78, 5) is 23.5. The van der Waals surface area contributed by atoms with Gasteiger partial charge in [0.05, 0.1) is 12.1 Å². The number of nitrogens with one attached hydrogen (secondary N) is 1. The summed E-state index contributed by atoms with van der Waals surface area (Å²) in [5.74, 6) is 0.986. The molecule has 130 valence electrons. The zero-order chi connectivity index (χ0) is 17.1. The van der Waals surface area contributed by atoms with Crippen molar-refractivity contribution in [3.05, 3.63) is 47.9 Å². The SMILES string of the molecule is O=C(Nc1cccc2c1CCCC2)C1CCCN(c2cnccn2)C1. The van der Waals surface area contributed by atoms with Gasteiger partial charge in [-0.1, -0.05) is 12.1 Å². The zero-order valence-corrected chi connectivity index (χ0v) is 14.4. The number of carbonyl (C=O) groups excluding carboxylic acids is 1. The molecular weight excluding hydrogens is 312 g/mol. The number of carbonyl (C=O) groups is 1. The number of amides is 1. The average molecular weight is 336 g/mol. The van der Waals surface area contributed by atoms with Crippen LogP contribution in [0.4, 0.5) is 11.5 Å². The van der Waals surface area contributed by atoms with E-state index < -0.39 is 0 Å². The monoisotopic (exact) mass is 336 g/mol. The molecule has 1 atom stereocenters. The number of anilines is 2. The van der Waals surface area contributed by atoms with Crippen LogP contribution in [0.15, 0.2) is 36.8 Å². The van der Waals surface area contributed by atoms with Crippen LogP contribution in [0.2, 0.25) is 0 Å². The van der Waals surface area contributed by atoms with Gasteiger partial charge in [-0.3, -0.25) is 9.78 Å². The maximum atomic E-state index is 12.9. The van der Waals surface area contributed by atoms with Gasteiger partial charge in [0, 0.05) is 31.2 Å². The Labute approximate surface area is 148 Å². The number of nitrogens with zero attached hydrogens (tertiary/aromatic N) is 3. The van der Waals surface area contributed by atoms with E-state index in [4.69, 9.17) is 0 Å². The molecule has 1 aliphatic heterocycles. The van der Waals surface area contributed by atoms with Crippen LogP contribution in [-0.2, 0) is 17.6 Å². The maximum Gasteiger partial charge on any atom is 0.229 e. The van der Waals surface area contributed by atoms with Gasteiger partial charge in [-0.2, -0.15) is 0 Å². The fourth-order valence-electron chi connectivity index (χ4n) is 3.99. The van der Waals surface area contributed by atoms with Gasteiger partial charge in [0.2, 0.25) is 5.91 Å². The van der Waals surface area contributed by atoms with Crippen molar-refractivity contribution in [2.45, 2.75) is 38.5 Å². The normalized spacial score (nSPS) is 20.0. The predicted octanol–water partition coefficient (Wildman–Crippen LogP) is 3.21. The molecule has 0 saturated carbocycles. The molecule has 2 heterocycles. The van der Waals surface area contributed by atoms with Crippen molar-refractivity contribution in [2.75, 3.05) is 23.3 Å². The molecule has 0 spiro atoms. The van der Waals surface area contributed by atoms with E-state index in [0.29, 0.717) is 6.54 Å². The Kier molecular flexibility index (Phi) is 4.63. The summed E-state index contributed by atoms with van der Waals surface area (Å²) in [6.45, 7) is 1.64. The van der Waals surface area contributed by atoms with Crippen molar-refractivity contribution < 1.29 is 4.79 Å². The molecular formula is C20H24N4O. The summed E-state index contributed by atoms with van der Waals surface area (Å²) < 4.78 is 0. The van der Waals surface area contributed by atoms with E-state index in [1.54, 1.807) is 18.6 Å². The molecule has 1 fully saturated rings. The van der Waals surface area contributed by atoms with Crippen molar-refractivity contribution >= 4 is 17.4 Å². The van der Waals surface area contributed by atoms with Crippen molar-refractivity contribution in [3.63, 3.8) is 0 Å². The molecule has 1 aromatic carbocycles. The third-order valence-corrected chi connectivity index (χ3v) is 5.32. The van der Waals surface area contributed by atoms with Crippen LogP contribution in [0.25, 0.3) is 0 Å². The minimum Gasteiger partial charge on any atom is -0.355 e. The lowest BCUT2D eigenvalue weighted by atomic mass is 9.90. The largest absolute Gasteiger partial charge is 0.355 e. The number of hydrogen-bond acceptors (Lipinski definition) is 4. The Bertz CT molecular complexity index is 747. The van der Waals surface area contributed by atoms with Gasteiger partial charge in [0.15, 0.2) is 0 Å². The quantitative estimate of drug-likeness (QED) is 0.935. The molecule has 2 aliphatic rings. The molecule has 5 heteroatoms. The fraction of sp³-hybridized carbons (Fsp3) is 0.450. The van der Waals surface area contributed by atoms with Crippen molar-refractivity contribution in [2.24, 2.45) is 5.92 Å².